The van der Waals surface area contributed by atoms with Crippen molar-refractivity contribution in [3.8, 4) is 28.4 Å². The Morgan fingerprint density at radius 3 is 1.76 bits per heavy atom. The molecule has 0 radical (unpaired) electrons. The largest absolute Gasteiger partial charge is 0.508 e. The number of phenols is 3. The predicted octanol–water partition coefficient (Wildman–Crippen LogP) is 4.16. The summed E-state index contributed by atoms with van der Waals surface area (Å²) in [6.07, 6.45) is 2.20. The highest BCUT2D eigenvalue weighted by atomic mass is 16.3. The fourth-order valence-electron chi connectivity index (χ4n) is 2.97. The van der Waals surface area contributed by atoms with Gasteiger partial charge in [0.15, 0.2) is 0 Å². The Labute approximate surface area is 125 Å². The molecule has 0 fully saturated rings. The summed E-state index contributed by atoms with van der Waals surface area (Å²) >= 11 is 0. The van der Waals surface area contributed by atoms with Crippen molar-refractivity contribution in [2.45, 2.75) is 40.0 Å². The lowest BCUT2D eigenvalue weighted by molar-refractivity contribution is 0.453. The van der Waals surface area contributed by atoms with E-state index in [1.54, 1.807) is 24.3 Å². The van der Waals surface area contributed by atoms with Gasteiger partial charge < -0.3 is 15.3 Å². The Kier molecular flexibility index (Phi) is 4.41. The molecule has 0 atom stereocenters. The number of hydrogen-bond donors (Lipinski definition) is 3. The van der Waals surface area contributed by atoms with E-state index in [-0.39, 0.29) is 17.2 Å². The van der Waals surface area contributed by atoms with Crippen LogP contribution in [0.1, 0.15) is 37.5 Å². The van der Waals surface area contributed by atoms with Gasteiger partial charge in [0, 0.05) is 5.56 Å². The molecule has 112 valence electrons. The van der Waals surface area contributed by atoms with Crippen molar-refractivity contribution in [1.29, 1.82) is 0 Å². The van der Waals surface area contributed by atoms with Crippen LogP contribution in [0.2, 0.25) is 0 Å². The van der Waals surface area contributed by atoms with Crippen LogP contribution in [0.4, 0.5) is 0 Å². The summed E-state index contributed by atoms with van der Waals surface area (Å²) in [5, 5.41) is 30.7. The number of hydrogen-bond acceptors (Lipinski definition) is 3. The first-order valence-corrected chi connectivity index (χ1v) is 7.42. The first-order valence-electron chi connectivity index (χ1n) is 7.42. The first kappa shape index (κ1) is 15.2. The standard InChI is InChI=1S/C18H22O3/c1-4-11-10-16(21)13(6-3)17(12(11)5-2)18-14(19)8-7-9-15(18)20/h7-10,19-21H,4-6H2,1-3H3. The maximum atomic E-state index is 10.3. The van der Waals surface area contributed by atoms with Gasteiger partial charge in [0.1, 0.15) is 17.2 Å². The van der Waals surface area contributed by atoms with Gasteiger partial charge in [0.05, 0.1) is 5.56 Å². The van der Waals surface area contributed by atoms with Gasteiger partial charge in [-0.05, 0) is 54.2 Å². The smallest absolute Gasteiger partial charge is 0.127 e. The molecule has 2 aromatic carbocycles. The number of benzene rings is 2. The Bertz CT molecular complexity index is 640. The fourth-order valence-corrected chi connectivity index (χ4v) is 2.97. The van der Waals surface area contributed by atoms with Gasteiger partial charge in [-0.1, -0.05) is 26.8 Å². The van der Waals surface area contributed by atoms with Gasteiger partial charge in [-0.2, -0.15) is 0 Å². The minimum atomic E-state index is 0.0343. The highest BCUT2D eigenvalue weighted by molar-refractivity contribution is 5.83. The van der Waals surface area contributed by atoms with Crippen LogP contribution in [-0.2, 0) is 19.3 Å². The normalized spacial score (nSPS) is 10.8. The molecule has 21 heavy (non-hydrogen) atoms. The molecule has 2 aromatic rings. The van der Waals surface area contributed by atoms with Crippen LogP contribution < -0.4 is 0 Å². The van der Waals surface area contributed by atoms with Crippen LogP contribution >= 0.6 is 0 Å². The lowest BCUT2D eigenvalue weighted by Gasteiger charge is -2.20. The van der Waals surface area contributed by atoms with Crippen molar-refractivity contribution in [3.05, 3.63) is 41.0 Å². The van der Waals surface area contributed by atoms with E-state index in [1.165, 1.54) is 0 Å². The van der Waals surface area contributed by atoms with Gasteiger partial charge >= 0.3 is 0 Å². The highest BCUT2D eigenvalue weighted by Gasteiger charge is 2.21. The first-order chi connectivity index (χ1) is 10.0. The second-order valence-corrected chi connectivity index (χ2v) is 5.12. The molecule has 0 unspecified atom stereocenters. The molecule has 3 heteroatoms. The zero-order valence-electron chi connectivity index (χ0n) is 12.8. The molecule has 0 saturated heterocycles. The Hall–Kier alpha value is -2.16. The van der Waals surface area contributed by atoms with Gasteiger partial charge in [-0.15, -0.1) is 0 Å². The van der Waals surface area contributed by atoms with Gasteiger partial charge in [0.2, 0.25) is 0 Å². The van der Waals surface area contributed by atoms with Gasteiger partial charge in [-0.25, -0.2) is 0 Å². The number of phenolic OH excluding ortho intramolecular Hbond substituents is 3. The second kappa shape index (κ2) is 6.08. The maximum Gasteiger partial charge on any atom is 0.127 e. The van der Waals surface area contributed by atoms with Crippen LogP contribution in [0.3, 0.4) is 0 Å². The summed E-state index contributed by atoms with van der Waals surface area (Å²) in [5.74, 6) is 0.295. The molecule has 0 saturated carbocycles. The SMILES string of the molecule is CCc1cc(O)c(CC)c(-c2c(O)cccc2O)c1CC. The average Bonchev–Trinajstić information content (AvgIpc) is 2.46. The molecule has 0 aliphatic rings. The van der Waals surface area contributed by atoms with Crippen LogP contribution in [0.25, 0.3) is 11.1 Å². The van der Waals surface area contributed by atoms with Gasteiger partial charge in [-0.3, -0.25) is 0 Å². The van der Waals surface area contributed by atoms with Crippen LogP contribution in [0.15, 0.2) is 24.3 Å². The molecule has 3 N–H and O–H groups in total. The molecule has 2 rings (SSSR count). The molecule has 0 amide bonds. The van der Waals surface area contributed by atoms with Crippen molar-refractivity contribution in [2.24, 2.45) is 0 Å². The average molecular weight is 286 g/mol. The lowest BCUT2D eigenvalue weighted by Crippen LogP contribution is -2.01. The second-order valence-electron chi connectivity index (χ2n) is 5.12. The third kappa shape index (κ3) is 2.56. The molecular formula is C18H22O3. The third-order valence-corrected chi connectivity index (χ3v) is 3.97. The number of aromatic hydroxyl groups is 3. The summed E-state index contributed by atoms with van der Waals surface area (Å²) in [6.45, 7) is 6.04. The number of aryl methyl sites for hydroxylation is 1. The molecule has 0 heterocycles. The van der Waals surface area contributed by atoms with Gasteiger partial charge in [0.25, 0.3) is 0 Å². The van der Waals surface area contributed by atoms with E-state index in [9.17, 15) is 15.3 Å². The molecule has 0 bridgehead atoms. The summed E-state index contributed by atoms with van der Waals surface area (Å²) in [5.41, 5.74) is 4.07. The van der Waals surface area contributed by atoms with Crippen molar-refractivity contribution >= 4 is 0 Å². The van der Waals surface area contributed by atoms with Crippen molar-refractivity contribution < 1.29 is 15.3 Å². The summed E-state index contributed by atoms with van der Waals surface area (Å²) in [6, 6.07) is 6.53. The quantitative estimate of drug-likeness (QED) is 0.791. The third-order valence-electron chi connectivity index (χ3n) is 3.97. The van der Waals surface area contributed by atoms with E-state index in [0.717, 1.165) is 35.1 Å². The summed E-state index contributed by atoms with van der Waals surface area (Å²) in [4.78, 5) is 0. The summed E-state index contributed by atoms with van der Waals surface area (Å²) in [7, 11) is 0. The highest BCUT2D eigenvalue weighted by Crippen LogP contribution is 2.44. The molecule has 0 aromatic heterocycles. The minimum Gasteiger partial charge on any atom is -0.508 e. The number of rotatable bonds is 4. The minimum absolute atomic E-state index is 0.0343. The van der Waals surface area contributed by atoms with Crippen molar-refractivity contribution in [3.63, 3.8) is 0 Å². The molecular weight excluding hydrogens is 264 g/mol. The van der Waals surface area contributed by atoms with E-state index < -0.39 is 0 Å². The molecule has 0 aliphatic heterocycles. The van der Waals surface area contributed by atoms with Crippen LogP contribution in [-0.4, -0.2) is 15.3 Å². The van der Waals surface area contributed by atoms with E-state index in [0.29, 0.717) is 12.0 Å². The Balaban J connectivity index is 2.92. The monoisotopic (exact) mass is 286 g/mol. The van der Waals surface area contributed by atoms with Crippen LogP contribution in [0, 0.1) is 0 Å². The van der Waals surface area contributed by atoms with E-state index in [2.05, 4.69) is 0 Å². The van der Waals surface area contributed by atoms with Crippen molar-refractivity contribution in [1.82, 2.24) is 0 Å². The maximum absolute atomic E-state index is 10.3. The topological polar surface area (TPSA) is 60.7 Å². The predicted molar refractivity (Wildman–Crippen MR) is 85.0 cm³/mol. The zero-order valence-corrected chi connectivity index (χ0v) is 12.8. The molecule has 0 spiro atoms. The Morgan fingerprint density at radius 2 is 1.29 bits per heavy atom. The van der Waals surface area contributed by atoms with E-state index in [1.807, 2.05) is 20.8 Å². The van der Waals surface area contributed by atoms with Crippen LogP contribution in [0.5, 0.6) is 17.2 Å². The zero-order chi connectivity index (χ0) is 15.6. The fraction of sp³-hybridized carbons (Fsp3) is 0.333. The van der Waals surface area contributed by atoms with E-state index >= 15 is 0 Å². The molecule has 3 nitrogen and oxygen atoms in total. The summed E-state index contributed by atoms with van der Waals surface area (Å²) < 4.78 is 0. The Morgan fingerprint density at radius 1 is 0.714 bits per heavy atom. The lowest BCUT2D eigenvalue weighted by atomic mass is 9.86. The van der Waals surface area contributed by atoms with E-state index in [4.69, 9.17) is 0 Å². The van der Waals surface area contributed by atoms with Crippen molar-refractivity contribution in [2.75, 3.05) is 0 Å². The molecule has 0 aliphatic carbocycles.